The highest BCUT2D eigenvalue weighted by molar-refractivity contribution is 5.78. The zero-order valence-corrected chi connectivity index (χ0v) is 13.6. The normalized spacial score (nSPS) is 17.9. The average Bonchev–Trinajstić information content (AvgIpc) is 2.84. The van der Waals surface area contributed by atoms with Crippen LogP contribution < -0.4 is 10.2 Å². The Labute approximate surface area is 128 Å². The van der Waals surface area contributed by atoms with Crippen LogP contribution in [0.2, 0.25) is 0 Å². The zero-order chi connectivity index (χ0) is 15.4. The summed E-state index contributed by atoms with van der Waals surface area (Å²) in [4.78, 5) is 15.7. The Morgan fingerprint density at radius 2 is 1.90 bits per heavy atom. The molecule has 0 radical (unpaired) electrons. The van der Waals surface area contributed by atoms with E-state index in [4.69, 9.17) is 0 Å². The summed E-state index contributed by atoms with van der Waals surface area (Å²) in [6, 6.07) is 9.20. The van der Waals surface area contributed by atoms with Gasteiger partial charge in [0.05, 0.1) is 0 Å². The average molecular weight is 289 g/mol. The molecule has 1 fully saturated rings. The van der Waals surface area contributed by atoms with Gasteiger partial charge in [0.25, 0.3) is 0 Å². The molecular formula is C17H27N3O. The Balaban J connectivity index is 1.87. The first kappa shape index (κ1) is 15.8. The van der Waals surface area contributed by atoms with Crippen molar-refractivity contribution in [2.24, 2.45) is 0 Å². The summed E-state index contributed by atoms with van der Waals surface area (Å²) in [5, 5.41) is 3.58. The topological polar surface area (TPSA) is 35.6 Å². The van der Waals surface area contributed by atoms with Crippen LogP contribution >= 0.6 is 0 Å². The number of carbonyl (C=O) groups excluding carboxylic acids is 1. The van der Waals surface area contributed by atoms with Gasteiger partial charge in [0.15, 0.2) is 0 Å². The van der Waals surface area contributed by atoms with Crippen molar-refractivity contribution in [1.29, 1.82) is 0 Å². The van der Waals surface area contributed by atoms with Crippen molar-refractivity contribution >= 4 is 11.6 Å². The van der Waals surface area contributed by atoms with Crippen molar-refractivity contribution in [2.75, 3.05) is 32.1 Å². The maximum absolute atomic E-state index is 11.7. The van der Waals surface area contributed by atoms with Crippen molar-refractivity contribution in [1.82, 2.24) is 10.2 Å². The lowest BCUT2D eigenvalue weighted by molar-refractivity contribution is -0.127. The van der Waals surface area contributed by atoms with Crippen LogP contribution in [0.25, 0.3) is 0 Å². The van der Waals surface area contributed by atoms with Crippen molar-refractivity contribution < 1.29 is 4.79 Å². The minimum Gasteiger partial charge on any atom is -0.378 e. The predicted octanol–water partition coefficient (Wildman–Crippen LogP) is 2.41. The summed E-state index contributed by atoms with van der Waals surface area (Å²) in [5.74, 6) is 0.298. The molecule has 116 valence electrons. The molecule has 1 saturated heterocycles. The Morgan fingerprint density at radius 3 is 2.43 bits per heavy atom. The molecule has 1 amide bonds. The molecule has 4 nitrogen and oxygen atoms in total. The fraction of sp³-hybridized carbons (Fsp3) is 0.588. The fourth-order valence-electron chi connectivity index (χ4n) is 2.86. The van der Waals surface area contributed by atoms with Crippen LogP contribution in [0.1, 0.15) is 38.3 Å². The van der Waals surface area contributed by atoms with E-state index in [1.165, 1.54) is 11.3 Å². The number of hydrogen-bond acceptors (Lipinski definition) is 3. The van der Waals surface area contributed by atoms with E-state index >= 15 is 0 Å². The van der Waals surface area contributed by atoms with Gasteiger partial charge in [-0.05, 0) is 38.0 Å². The van der Waals surface area contributed by atoms with Gasteiger partial charge in [0.1, 0.15) is 0 Å². The lowest BCUT2D eigenvalue weighted by Gasteiger charge is -2.25. The molecule has 2 rings (SSSR count). The maximum Gasteiger partial charge on any atom is 0.222 e. The molecule has 1 N–H and O–H groups in total. The number of hydrogen-bond donors (Lipinski definition) is 1. The maximum atomic E-state index is 11.7. The highest BCUT2D eigenvalue weighted by atomic mass is 16.2. The molecule has 4 heteroatoms. The summed E-state index contributed by atoms with van der Waals surface area (Å²) in [5.41, 5.74) is 2.49. The van der Waals surface area contributed by atoms with Gasteiger partial charge in [-0.2, -0.15) is 0 Å². The van der Waals surface area contributed by atoms with Gasteiger partial charge in [-0.15, -0.1) is 0 Å². The first-order valence-electron chi connectivity index (χ1n) is 7.78. The smallest absolute Gasteiger partial charge is 0.222 e. The molecule has 21 heavy (non-hydrogen) atoms. The van der Waals surface area contributed by atoms with Crippen molar-refractivity contribution in [3.05, 3.63) is 29.8 Å². The monoisotopic (exact) mass is 289 g/mol. The van der Waals surface area contributed by atoms with E-state index in [1.807, 2.05) is 19.0 Å². The van der Waals surface area contributed by atoms with Crippen LogP contribution in [-0.4, -0.2) is 44.0 Å². The lowest BCUT2D eigenvalue weighted by Crippen LogP contribution is -2.40. The Kier molecular flexibility index (Phi) is 5.23. The van der Waals surface area contributed by atoms with Gasteiger partial charge in [-0.25, -0.2) is 0 Å². The predicted molar refractivity (Wildman–Crippen MR) is 87.6 cm³/mol. The first-order valence-corrected chi connectivity index (χ1v) is 7.78. The third kappa shape index (κ3) is 4.21. The molecule has 1 aromatic rings. The largest absolute Gasteiger partial charge is 0.378 e. The summed E-state index contributed by atoms with van der Waals surface area (Å²) in [7, 11) is 4.09. The third-order valence-corrected chi connectivity index (χ3v) is 4.11. The molecule has 1 aliphatic heterocycles. The molecule has 0 aromatic heterocycles. The molecular weight excluding hydrogens is 262 g/mol. The standard InChI is InChI=1S/C17H27N3O/c1-13(12-20-11-5-6-17(20)21)18-14(2)15-7-9-16(10-8-15)19(3)4/h7-10,13-14,18H,5-6,11-12H2,1-4H3. The lowest BCUT2D eigenvalue weighted by atomic mass is 10.1. The van der Waals surface area contributed by atoms with Crippen molar-refractivity contribution in [2.45, 2.75) is 38.8 Å². The van der Waals surface area contributed by atoms with Gasteiger partial charge in [-0.1, -0.05) is 12.1 Å². The number of rotatable bonds is 6. The van der Waals surface area contributed by atoms with Crippen LogP contribution in [0.4, 0.5) is 5.69 Å². The minimum absolute atomic E-state index is 0.286. The van der Waals surface area contributed by atoms with E-state index < -0.39 is 0 Å². The Hall–Kier alpha value is -1.55. The molecule has 0 spiro atoms. The van der Waals surface area contributed by atoms with Crippen LogP contribution in [0, 0.1) is 0 Å². The molecule has 1 heterocycles. The van der Waals surface area contributed by atoms with E-state index in [0.717, 1.165) is 19.5 Å². The highest BCUT2D eigenvalue weighted by Crippen LogP contribution is 2.18. The number of nitrogens with one attached hydrogen (secondary N) is 1. The van der Waals surface area contributed by atoms with Gasteiger partial charge >= 0.3 is 0 Å². The number of anilines is 1. The highest BCUT2D eigenvalue weighted by Gasteiger charge is 2.22. The summed E-state index contributed by atoms with van der Waals surface area (Å²) >= 11 is 0. The van der Waals surface area contributed by atoms with Crippen molar-refractivity contribution in [3.8, 4) is 0 Å². The van der Waals surface area contributed by atoms with Crippen LogP contribution in [0.5, 0.6) is 0 Å². The number of likely N-dealkylation sites (tertiary alicyclic amines) is 1. The second-order valence-electron chi connectivity index (χ2n) is 6.22. The number of nitrogens with zero attached hydrogens (tertiary/aromatic N) is 2. The van der Waals surface area contributed by atoms with E-state index in [-0.39, 0.29) is 6.04 Å². The summed E-state index contributed by atoms with van der Waals surface area (Å²) in [6.07, 6.45) is 1.72. The van der Waals surface area contributed by atoms with E-state index in [0.29, 0.717) is 18.4 Å². The minimum atomic E-state index is 0.286. The number of amides is 1. The summed E-state index contributed by atoms with van der Waals surface area (Å²) < 4.78 is 0. The third-order valence-electron chi connectivity index (χ3n) is 4.11. The van der Waals surface area contributed by atoms with E-state index in [2.05, 4.69) is 48.3 Å². The fourth-order valence-corrected chi connectivity index (χ4v) is 2.86. The number of carbonyl (C=O) groups is 1. The van der Waals surface area contributed by atoms with Crippen molar-refractivity contribution in [3.63, 3.8) is 0 Å². The Morgan fingerprint density at radius 1 is 1.24 bits per heavy atom. The second-order valence-corrected chi connectivity index (χ2v) is 6.22. The van der Waals surface area contributed by atoms with Gasteiger partial charge in [0.2, 0.25) is 5.91 Å². The first-order chi connectivity index (χ1) is 9.97. The van der Waals surface area contributed by atoms with Crippen LogP contribution in [0.15, 0.2) is 24.3 Å². The van der Waals surface area contributed by atoms with Crippen LogP contribution in [0.3, 0.4) is 0 Å². The molecule has 0 bridgehead atoms. The second kappa shape index (κ2) is 6.94. The molecule has 0 aliphatic carbocycles. The van der Waals surface area contributed by atoms with Crippen LogP contribution in [-0.2, 0) is 4.79 Å². The molecule has 0 saturated carbocycles. The SMILES string of the molecule is CC(CN1CCCC1=O)NC(C)c1ccc(N(C)C)cc1. The molecule has 1 aliphatic rings. The van der Waals surface area contributed by atoms with E-state index in [9.17, 15) is 4.79 Å². The molecule has 2 unspecified atom stereocenters. The molecule has 2 atom stereocenters. The summed E-state index contributed by atoms with van der Waals surface area (Å²) in [6.45, 7) is 6.04. The van der Waals surface area contributed by atoms with E-state index in [1.54, 1.807) is 0 Å². The molecule has 1 aromatic carbocycles. The van der Waals surface area contributed by atoms with Gasteiger partial charge < -0.3 is 15.1 Å². The quantitative estimate of drug-likeness (QED) is 0.873. The Bertz CT molecular complexity index is 469. The number of benzene rings is 1. The van der Waals surface area contributed by atoms with Gasteiger partial charge in [0, 0.05) is 51.4 Å². The zero-order valence-electron chi connectivity index (χ0n) is 13.6. The van der Waals surface area contributed by atoms with Gasteiger partial charge in [-0.3, -0.25) is 4.79 Å².